The summed E-state index contributed by atoms with van der Waals surface area (Å²) in [6.07, 6.45) is 3.87. The SMILES string of the molecule is COc1ccc(C(CN)N(C)Cc2cnn(C)c2)cc1Cl. The highest BCUT2D eigenvalue weighted by Crippen LogP contribution is 2.29. The van der Waals surface area contributed by atoms with Gasteiger partial charge in [0.15, 0.2) is 0 Å². The molecule has 2 rings (SSSR count). The van der Waals surface area contributed by atoms with Crippen LogP contribution in [0.2, 0.25) is 5.02 Å². The second-order valence-corrected chi connectivity index (χ2v) is 5.49. The largest absolute Gasteiger partial charge is 0.495 e. The maximum absolute atomic E-state index is 6.20. The summed E-state index contributed by atoms with van der Waals surface area (Å²) in [5.41, 5.74) is 8.18. The summed E-state index contributed by atoms with van der Waals surface area (Å²) >= 11 is 6.20. The van der Waals surface area contributed by atoms with Crippen LogP contribution < -0.4 is 10.5 Å². The predicted molar refractivity (Wildman–Crippen MR) is 84.5 cm³/mol. The molecule has 0 amide bonds. The zero-order chi connectivity index (χ0) is 15.4. The molecule has 1 aromatic heterocycles. The van der Waals surface area contributed by atoms with E-state index in [0.29, 0.717) is 17.3 Å². The number of nitrogens with two attached hydrogens (primary N) is 1. The summed E-state index contributed by atoms with van der Waals surface area (Å²) in [5, 5.41) is 4.79. The van der Waals surface area contributed by atoms with Crippen LogP contribution in [0.15, 0.2) is 30.6 Å². The lowest BCUT2D eigenvalue weighted by Crippen LogP contribution is -2.30. The summed E-state index contributed by atoms with van der Waals surface area (Å²) in [5.74, 6) is 0.672. The molecule has 2 N–H and O–H groups in total. The normalized spacial score (nSPS) is 12.7. The second-order valence-electron chi connectivity index (χ2n) is 5.08. The maximum atomic E-state index is 6.20. The third-order valence-electron chi connectivity index (χ3n) is 3.51. The van der Waals surface area contributed by atoms with Crippen LogP contribution in [-0.4, -0.2) is 35.4 Å². The number of hydrogen-bond donors (Lipinski definition) is 1. The molecule has 0 saturated carbocycles. The molecule has 0 bridgehead atoms. The van der Waals surface area contributed by atoms with Crippen molar-refractivity contribution in [3.63, 3.8) is 0 Å². The third kappa shape index (κ3) is 3.75. The molecule has 1 atom stereocenters. The quantitative estimate of drug-likeness (QED) is 0.889. The first-order valence-corrected chi connectivity index (χ1v) is 7.14. The molecule has 114 valence electrons. The van der Waals surface area contributed by atoms with Gasteiger partial charge in [-0.3, -0.25) is 9.58 Å². The van der Waals surface area contributed by atoms with Crippen LogP contribution in [0.1, 0.15) is 17.2 Å². The van der Waals surface area contributed by atoms with Crippen molar-refractivity contribution in [2.24, 2.45) is 12.8 Å². The van der Waals surface area contributed by atoms with Gasteiger partial charge in [-0.2, -0.15) is 5.10 Å². The van der Waals surface area contributed by atoms with Gasteiger partial charge in [0.25, 0.3) is 0 Å². The molecule has 0 aliphatic heterocycles. The van der Waals surface area contributed by atoms with Crippen molar-refractivity contribution in [3.8, 4) is 5.75 Å². The smallest absolute Gasteiger partial charge is 0.137 e. The summed E-state index contributed by atoms with van der Waals surface area (Å²) < 4.78 is 6.98. The molecular formula is C15H21ClN4O. The average Bonchev–Trinajstić information content (AvgIpc) is 2.85. The first-order valence-electron chi connectivity index (χ1n) is 6.76. The minimum atomic E-state index is 0.0913. The van der Waals surface area contributed by atoms with Gasteiger partial charge in [-0.15, -0.1) is 0 Å². The van der Waals surface area contributed by atoms with Crippen LogP contribution in [0.3, 0.4) is 0 Å². The fourth-order valence-electron chi connectivity index (χ4n) is 2.41. The Morgan fingerprint density at radius 1 is 1.48 bits per heavy atom. The summed E-state index contributed by atoms with van der Waals surface area (Å²) in [7, 11) is 5.56. The zero-order valence-electron chi connectivity index (χ0n) is 12.6. The van der Waals surface area contributed by atoms with Gasteiger partial charge in [-0.05, 0) is 24.7 Å². The van der Waals surface area contributed by atoms with Gasteiger partial charge >= 0.3 is 0 Å². The number of methoxy groups -OCH3 is 1. The Morgan fingerprint density at radius 2 is 2.24 bits per heavy atom. The number of hydrogen-bond acceptors (Lipinski definition) is 4. The monoisotopic (exact) mass is 308 g/mol. The minimum Gasteiger partial charge on any atom is -0.495 e. The van der Waals surface area contributed by atoms with Crippen LogP contribution in [0, 0.1) is 0 Å². The van der Waals surface area contributed by atoms with E-state index >= 15 is 0 Å². The molecule has 21 heavy (non-hydrogen) atoms. The van der Waals surface area contributed by atoms with E-state index in [1.165, 1.54) is 0 Å². The molecular weight excluding hydrogens is 288 g/mol. The molecule has 1 heterocycles. The molecule has 2 aromatic rings. The first-order chi connectivity index (χ1) is 10.0. The minimum absolute atomic E-state index is 0.0913. The second kappa shape index (κ2) is 6.93. The molecule has 1 aromatic carbocycles. The van der Waals surface area contributed by atoms with Gasteiger partial charge < -0.3 is 10.5 Å². The van der Waals surface area contributed by atoms with E-state index in [0.717, 1.165) is 17.7 Å². The third-order valence-corrected chi connectivity index (χ3v) is 3.80. The van der Waals surface area contributed by atoms with Gasteiger partial charge in [0.1, 0.15) is 5.75 Å². The highest BCUT2D eigenvalue weighted by molar-refractivity contribution is 6.32. The van der Waals surface area contributed by atoms with Gasteiger partial charge in [0, 0.05) is 37.9 Å². The van der Waals surface area contributed by atoms with Crippen LogP contribution in [-0.2, 0) is 13.6 Å². The Hall–Kier alpha value is -1.56. The standard InChI is InChI=1S/C15H21ClN4O/c1-19(9-11-8-18-20(2)10-11)14(7-17)12-4-5-15(21-3)13(16)6-12/h4-6,8,10,14H,7,9,17H2,1-3H3. The number of rotatable bonds is 6. The lowest BCUT2D eigenvalue weighted by Gasteiger charge is -2.27. The Labute approximate surface area is 130 Å². The number of aryl methyl sites for hydroxylation is 1. The van der Waals surface area contributed by atoms with Gasteiger partial charge in [0.05, 0.1) is 18.3 Å². The highest BCUT2D eigenvalue weighted by Gasteiger charge is 2.17. The van der Waals surface area contributed by atoms with Crippen molar-refractivity contribution in [2.45, 2.75) is 12.6 Å². The summed E-state index contributed by atoms with van der Waals surface area (Å²) in [4.78, 5) is 2.19. The van der Waals surface area contributed by atoms with Gasteiger partial charge in [-0.25, -0.2) is 0 Å². The number of aromatic nitrogens is 2. The van der Waals surface area contributed by atoms with E-state index in [9.17, 15) is 0 Å². The molecule has 0 aliphatic rings. The van der Waals surface area contributed by atoms with Crippen LogP contribution in [0.4, 0.5) is 0 Å². The first kappa shape index (κ1) is 15.8. The topological polar surface area (TPSA) is 56.3 Å². The van der Waals surface area contributed by atoms with Gasteiger partial charge in [0.2, 0.25) is 0 Å². The molecule has 1 unspecified atom stereocenters. The number of nitrogens with zero attached hydrogens (tertiary/aromatic N) is 3. The van der Waals surface area contributed by atoms with Crippen molar-refractivity contribution < 1.29 is 4.74 Å². The molecule has 5 nitrogen and oxygen atoms in total. The highest BCUT2D eigenvalue weighted by atomic mass is 35.5. The van der Waals surface area contributed by atoms with Crippen molar-refractivity contribution in [1.82, 2.24) is 14.7 Å². The number of benzene rings is 1. The van der Waals surface area contributed by atoms with E-state index in [2.05, 4.69) is 10.00 Å². The Kier molecular flexibility index (Phi) is 5.22. The van der Waals surface area contributed by atoms with Crippen molar-refractivity contribution >= 4 is 11.6 Å². The van der Waals surface area contributed by atoms with Crippen LogP contribution >= 0.6 is 11.6 Å². The van der Waals surface area contributed by atoms with E-state index < -0.39 is 0 Å². The van der Waals surface area contributed by atoms with Crippen molar-refractivity contribution in [2.75, 3.05) is 20.7 Å². The molecule has 0 spiro atoms. The molecule has 0 aliphatic carbocycles. The number of likely N-dealkylation sites (N-methyl/N-ethyl adjacent to an activating group) is 1. The Balaban J connectivity index is 2.16. The lowest BCUT2D eigenvalue weighted by molar-refractivity contribution is 0.241. The van der Waals surface area contributed by atoms with Crippen molar-refractivity contribution in [3.05, 3.63) is 46.7 Å². The van der Waals surface area contributed by atoms with E-state index in [-0.39, 0.29) is 6.04 Å². The summed E-state index contributed by atoms with van der Waals surface area (Å²) in [6.45, 7) is 1.29. The van der Waals surface area contributed by atoms with Crippen LogP contribution in [0.5, 0.6) is 5.75 Å². The van der Waals surface area contributed by atoms with E-state index in [4.69, 9.17) is 22.1 Å². The lowest BCUT2D eigenvalue weighted by atomic mass is 10.1. The Morgan fingerprint density at radius 3 is 2.76 bits per heavy atom. The number of halogens is 1. The fourth-order valence-corrected chi connectivity index (χ4v) is 2.68. The molecule has 6 heteroatoms. The number of ether oxygens (including phenoxy) is 1. The molecule has 0 fully saturated rings. The average molecular weight is 309 g/mol. The molecule has 0 saturated heterocycles. The van der Waals surface area contributed by atoms with E-state index in [1.54, 1.807) is 11.8 Å². The zero-order valence-corrected chi connectivity index (χ0v) is 13.3. The summed E-state index contributed by atoms with van der Waals surface area (Å²) in [6, 6.07) is 5.88. The fraction of sp³-hybridized carbons (Fsp3) is 0.400. The van der Waals surface area contributed by atoms with E-state index in [1.807, 2.05) is 44.7 Å². The van der Waals surface area contributed by atoms with Crippen LogP contribution in [0.25, 0.3) is 0 Å². The predicted octanol–water partition coefficient (Wildman–Crippen LogP) is 2.21. The van der Waals surface area contributed by atoms with Gasteiger partial charge in [-0.1, -0.05) is 17.7 Å². The maximum Gasteiger partial charge on any atom is 0.137 e. The molecule has 0 radical (unpaired) electrons. The Bertz CT molecular complexity index is 599. The van der Waals surface area contributed by atoms with Crippen molar-refractivity contribution in [1.29, 1.82) is 0 Å².